The monoisotopic (exact) mass is 396 g/mol. The summed E-state index contributed by atoms with van der Waals surface area (Å²) in [5.41, 5.74) is 2.31. The number of carbonyl (C=O) groups excluding carboxylic acids is 3. The average molecular weight is 396 g/mol. The molecule has 0 unspecified atom stereocenters. The fraction of sp³-hybridized carbons (Fsp3) is 0.250. The second-order valence-corrected chi connectivity index (χ2v) is 6.75. The summed E-state index contributed by atoms with van der Waals surface area (Å²) in [5, 5.41) is 16.1. The first-order valence-corrected chi connectivity index (χ1v) is 9.05. The normalized spacial score (nSPS) is 15.9. The summed E-state index contributed by atoms with van der Waals surface area (Å²) in [6, 6.07) is 12.0. The molecule has 0 spiro atoms. The van der Waals surface area contributed by atoms with Crippen LogP contribution in [-0.4, -0.2) is 40.3 Å². The highest BCUT2D eigenvalue weighted by Crippen LogP contribution is 2.17. The number of amides is 4. The van der Waals surface area contributed by atoms with Crippen molar-refractivity contribution in [1.82, 2.24) is 10.2 Å². The second kappa shape index (κ2) is 8.51. The Labute approximate surface area is 166 Å². The van der Waals surface area contributed by atoms with Crippen LogP contribution >= 0.6 is 0 Å². The van der Waals surface area contributed by atoms with E-state index < -0.39 is 17.0 Å². The highest BCUT2D eigenvalue weighted by molar-refractivity contribution is 6.04. The summed E-state index contributed by atoms with van der Waals surface area (Å²) >= 11 is 0. The number of nitrogens with zero attached hydrogens (tertiary/aromatic N) is 2. The third-order valence-electron chi connectivity index (χ3n) is 4.59. The molecular weight excluding hydrogens is 376 g/mol. The first-order chi connectivity index (χ1) is 13.8. The van der Waals surface area contributed by atoms with E-state index in [4.69, 9.17) is 0 Å². The van der Waals surface area contributed by atoms with E-state index in [9.17, 15) is 24.5 Å². The van der Waals surface area contributed by atoms with Gasteiger partial charge in [0, 0.05) is 37.7 Å². The van der Waals surface area contributed by atoms with Crippen molar-refractivity contribution in [3.05, 3.63) is 69.8 Å². The Bertz CT molecular complexity index is 940. The van der Waals surface area contributed by atoms with Crippen molar-refractivity contribution in [2.24, 2.45) is 0 Å². The van der Waals surface area contributed by atoms with E-state index in [1.165, 1.54) is 24.0 Å². The van der Waals surface area contributed by atoms with Crippen LogP contribution in [0.5, 0.6) is 0 Å². The summed E-state index contributed by atoms with van der Waals surface area (Å²) in [5.74, 6) is -0.473. The molecule has 2 aromatic rings. The predicted octanol–water partition coefficient (Wildman–Crippen LogP) is 2.26. The minimum Gasteiger partial charge on any atom is -0.326 e. The number of carbonyl (C=O) groups is 3. The number of benzene rings is 2. The number of non-ortho nitro benzene ring substituents is 1. The lowest BCUT2D eigenvalue weighted by atomic mass is 10.1. The Morgan fingerprint density at radius 3 is 2.31 bits per heavy atom. The van der Waals surface area contributed by atoms with Crippen LogP contribution in [0.15, 0.2) is 48.5 Å². The number of anilines is 1. The van der Waals surface area contributed by atoms with Crippen molar-refractivity contribution in [2.75, 3.05) is 11.9 Å². The zero-order valence-corrected chi connectivity index (χ0v) is 15.8. The molecule has 0 bridgehead atoms. The van der Waals surface area contributed by atoms with Gasteiger partial charge in [-0.05, 0) is 29.7 Å². The molecule has 0 saturated carbocycles. The quantitative estimate of drug-likeness (QED) is 0.422. The lowest BCUT2D eigenvalue weighted by molar-refractivity contribution is -0.384. The van der Waals surface area contributed by atoms with Crippen molar-refractivity contribution < 1.29 is 19.3 Å². The van der Waals surface area contributed by atoms with E-state index in [0.29, 0.717) is 12.1 Å². The molecule has 9 heteroatoms. The van der Waals surface area contributed by atoms with Gasteiger partial charge in [-0.15, -0.1) is 0 Å². The molecular formula is C20H20N4O5. The van der Waals surface area contributed by atoms with E-state index in [0.717, 1.165) is 11.1 Å². The molecule has 0 radical (unpaired) electrons. The molecule has 29 heavy (non-hydrogen) atoms. The predicted molar refractivity (Wildman–Crippen MR) is 105 cm³/mol. The maximum Gasteiger partial charge on any atom is 0.324 e. The van der Waals surface area contributed by atoms with Crippen molar-refractivity contribution >= 4 is 29.2 Å². The minimum atomic E-state index is -0.689. The molecule has 1 atom stereocenters. The number of rotatable bonds is 7. The van der Waals surface area contributed by atoms with Crippen LogP contribution in [-0.2, 0) is 22.4 Å². The van der Waals surface area contributed by atoms with E-state index in [-0.39, 0.29) is 30.5 Å². The molecule has 2 aromatic carbocycles. The third kappa shape index (κ3) is 4.95. The van der Waals surface area contributed by atoms with Crippen LogP contribution in [0.1, 0.15) is 18.1 Å². The van der Waals surface area contributed by atoms with Crippen molar-refractivity contribution in [3.63, 3.8) is 0 Å². The summed E-state index contributed by atoms with van der Waals surface area (Å²) in [6.07, 6.45) is 0.758. The van der Waals surface area contributed by atoms with Gasteiger partial charge in [-0.1, -0.05) is 24.3 Å². The van der Waals surface area contributed by atoms with Gasteiger partial charge >= 0.3 is 6.03 Å². The fourth-order valence-corrected chi connectivity index (χ4v) is 3.12. The zero-order chi connectivity index (χ0) is 21.0. The van der Waals surface area contributed by atoms with Crippen molar-refractivity contribution in [2.45, 2.75) is 25.8 Å². The van der Waals surface area contributed by atoms with Gasteiger partial charge < -0.3 is 10.6 Å². The van der Waals surface area contributed by atoms with Crippen molar-refractivity contribution in [3.8, 4) is 0 Å². The van der Waals surface area contributed by atoms with Crippen LogP contribution in [0, 0.1) is 10.1 Å². The topological polar surface area (TPSA) is 122 Å². The summed E-state index contributed by atoms with van der Waals surface area (Å²) in [7, 11) is 0. The van der Waals surface area contributed by atoms with E-state index in [2.05, 4.69) is 10.6 Å². The Morgan fingerprint density at radius 2 is 1.72 bits per heavy atom. The Balaban J connectivity index is 1.57. The molecule has 1 fully saturated rings. The Hall–Kier alpha value is -3.75. The lowest BCUT2D eigenvalue weighted by Gasteiger charge is -2.13. The molecule has 3 rings (SSSR count). The Kier molecular flexibility index (Phi) is 5.87. The summed E-state index contributed by atoms with van der Waals surface area (Å²) in [6.45, 7) is 1.67. The SMILES string of the molecule is CC(=O)Nc1ccc(CCN2C(=O)N[C@H](Cc3ccc([N+](=O)[O-])cc3)C2=O)cc1. The smallest absolute Gasteiger partial charge is 0.324 e. The third-order valence-corrected chi connectivity index (χ3v) is 4.59. The number of nitrogens with one attached hydrogen (secondary N) is 2. The average Bonchev–Trinajstić information content (AvgIpc) is 2.94. The van der Waals surface area contributed by atoms with Gasteiger partial charge in [0.2, 0.25) is 5.91 Å². The number of nitro groups is 1. The van der Waals surface area contributed by atoms with E-state index >= 15 is 0 Å². The lowest BCUT2D eigenvalue weighted by Crippen LogP contribution is -2.33. The number of nitro benzene ring substituents is 1. The molecule has 1 saturated heterocycles. The van der Waals surface area contributed by atoms with Gasteiger partial charge in [-0.3, -0.25) is 24.6 Å². The molecule has 150 valence electrons. The van der Waals surface area contributed by atoms with Gasteiger partial charge in [-0.2, -0.15) is 0 Å². The van der Waals surface area contributed by atoms with Crippen LogP contribution in [0.2, 0.25) is 0 Å². The zero-order valence-electron chi connectivity index (χ0n) is 15.8. The fourth-order valence-electron chi connectivity index (χ4n) is 3.12. The van der Waals surface area contributed by atoms with Crippen LogP contribution in [0.25, 0.3) is 0 Å². The van der Waals surface area contributed by atoms with E-state index in [1.807, 2.05) is 12.1 Å². The van der Waals surface area contributed by atoms with Gasteiger partial charge in [-0.25, -0.2) is 4.79 Å². The first-order valence-electron chi connectivity index (χ1n) is 9.05. The number of urea groups is 1. The highest BCUT2D eigenvalue weighted by Gasteiger charge is 2.37. The summed E-state index contributed by atoms with van der Waals surface area (Å²) < 4.78 is 0. The molecule has 0 aliphatic carbocycles. The molecule has 0 aromatic heterocycles. The molecule has 1 heterocycles. The number of hydrogen-bond acceptors (Lipinski definition) is 5. The molecule has 9 nitrogen and oxygen atoms in total. The standard InChI is InChI=1S/C20H20N4O5/c1-13(25)21-16-6-2-14(3-7-16)10-11-23-19(26)18(22-20(23)27)12-15-4-8-17(9-5-15)24(28)29/h2-9,18H,10-12H2,1H3,(H,21,25)(H,22,27)/t18-/m1/s1. The maximum atomic E-state index is 12.6. The molecule has 1 aliphatic rings. The second-order valence-electron chi connectivity index (χ2n) is 6.75. The number of hydrogen-bond donors (Lipinski definition) is 2. The van der Waals surface area contributed by atoms with Gasteiger partial charge in [0.05, 0.1) is 4.92 Å². The Morgan fingerprint density at radius 1 is 1.10 bits per heavy atom. The van der Waals surface area contributed by atoms with Crippen molar-refractivity contribution in [1.29, 1.82) is 0 Å². The largest absolute Gasteiger partial charge is 0.326 e. The molecule has 1 aliphatic heterocycles. The highest BCUT2D eigenvalue weighted by atomic mass is 16.6. The summed E-state index contributed by atoms with van der Waals surface area (Å²) in [4.78, 5) is 47.2. The van der Waals surface area contributed by atoms with Crippen LogP contribution in [0.3, 0.4) is 0 Å². The van der Waals surface area contributed by atoms with Gasteiger partial charge in [0.25, 0.3) is 11.6 Å². The maximum absolute atomic E-state index is 12.6. The van der Waals surface area contributed by atoms with Gasteiger partial charge in [0.15, 0.2) is 0 Å². The first kappa shape index (κ1) is 20.0. The molecule has 4 amide bonds. The molecule has 2 N–H and O–H groups in total. The number of imide groups is 1. The minimum absolute atomic E-state index is 0.0262. The van der Waals surface area contributed by atoms with Crippen LogP contribution in [0.4, 0.5) is 16.2 Å². The van der Waals surface area contributed by atoms with E-state index in [1.54, 1.807) is 24.3 Å². The van der Waals surface area contributed by atoms with Gasteiger partial charge in [0.1, 0.15) is 6.04 Å². The van der Waals surface area contributed by atoms with Crippen LogP contribution < -0.4 is 10.6 Å².